The summed E-state index contributed by atoms with van der Waals surface area (Å²) in [6.07, 6.45) is 0. The first-order valence-electron chi connectivity index (χ1n) is 4.18. The topological polar surface area (TPSA) is 94.8 Å². The Labute approximate surface area is 85.6 Å². The van der Waals surface area contributed by atoms with E-state index in [1.54, 1.807) is 0 Å². The summed E-state index contributed by atoms with van der Waals surface area (Å²) >= 11 is 0. The van der Waals surface area contributed by atoms with Crippen LogP contribution in [0.3, 0.4) is 0 Å². The SMILES string of the molecule is Cc1c(CO)cc(C(=O)O)cc1C(=O)O. The molecule has 0 spiro atoms. The quantitative estimate of drug-likeness (QED) is 0.688. The molecule has 5 nitrogen and oxygen atoms in total. The molecule has 0 aromatic heterocycles. The first kappa shape index (κ1) is 11.2. The van der Waals surface area contributed by atoms with Gasteiger partial charge in [-0.3, -0.25) is 0 Å². The van der Waals surface area contributed by atoms with Gasteiger partial charge in [-0.1, -0.05) is 0 Å². The molecule has 1 aromatic rings. The van der Waals surface area contributed by atoms with E-state index in [0.717, 1.165) is 6.07 Å². The Morgan fingerprint density at radius 2 is 1.80 bits per heavy atom. The number of aliphatic hydroxyl groups excluding tert-OH is 1. The van der Waals surface area contributed by atoms with Crippen molar-refractivity contribution in [3.8, 4) is 0 Å². The smallest absolute Gasteiger partial charge is 0.335 e. The van der Waals surface area contributed by atoms with Crippen molar-refractivity contribution in [2.24, 2.45) is 0 Å². The van der Waals surface area contributed by atoms with E-state index in [-0.39, 0.29) is 17.7 Å². The predicted molar refractivity (Wildman–Crippen MR) is 51.0 cm³/mol. The Morgan fingerprint density at radius 1 is 1.20 bits per heavy atom. The van der Waals surface area contributed by atoms with Crippen molar-refractivity contribution in [1.29, 1.82) is 0 Å². The van der Waals surface area contributed by atoms with Gasteiger partial charge in [0.15, 0.2) is 0 Å². The van der Waals surface area contributed by atoms with Gasteiger partial charge in [0.1, 0.15) is 0 Å². The zero-order valence-corrected chi connectivity index (χ0v) is 8.02. The van der Waals surface area contributed by atoms with Gasteiger partial charge in [-0.15, -0.1) is 0 Å². The van der Waals surface area contributed by atoms with E-state index in [9.17, 15) is 9.59 Å². The van der Waals surface area contributed by atoms with E-state index in [1.165, 1.54) is 13.0 Å². The number of rotatable bonds is 3. The summed E-state index contributed by atoms with van der Waals surface area (Å²) in [6, 6.07) is 2.35. The Morgan fingerprint density at radius 3 is 2.20 bits per heavy atom. The third kappa shape index (κ3) is 2.13. The summed E-state index contributed by atoms with van der Waals surface area (Å²) in [6.45, 7) is 1.15. The van der Waals surface area contributed by atoms with Crippen LogP contribution in [0.4, 0.5) is 0 Å². The molecule has 1 aromatic carbocycles. The molecule has 15 heavy (non-hydrogen) atoms. The molecular formula is C10H10O5. The highest BCUT2D eigenvalue weighted by Crippen LogP contribution is 2.17. The van der Waals surface area contributed by atoms with E-state index in [4.69, 9.17) is 15.3 Å². The van der Waals surface area contributed by atoms with E-state index >= 15 is 0 Å². The second-order valence-electron chi connectivity index (χ2n) is 3.08. The van der Waals surface area contributed by atoms with Gasteiger partial charge in [0.25, 0.3) is 0 Å². The lowest BCUT2D eigenvalue weighted by Crippen LogP contribution is -2.07. The zero-order valence-electron chi connectivity index (χ0n) is 8.02. The lowest BCUT2D eigenvalue weighted by molar-refractivity contribution is 0.0695. The van der Waals surface area contributed by atoms with Gasteiger partial charge in [0.2, 0.25) is 0 Å². The largest absolute Gasteiger partial charge is 0.478 e. The lowest BCUT2D eigenvalue weighted by atomic mass is 9.99. The van der Waals surface area contributed by atoms with Gasteiger partial charge < -0.3 is 15.3 Å². The second-order valence-corrected chi connectivity index (χ2v) is 3.08. The molecule has 0 saturated heterocycles. The minimum atomic E-state index is -1.22. The molecule has 1 rings (SSSR count). The zero-order chi connectivity index (χ0) is 11.6. The van der Waals surface area contributed by atoms with Crippen LogP contribution < -0.4 is 0 Å². The highest BCUT2D eigenvalue weighted by Gasteiger charge is 2.15. The summed E-state index contributed by atoms with van der Waals surface area (Å²) < 4.78 is 0. The molecule has 3 N–H and O–H groups in total. The molecule has 0 aliphatic carbocycles. The highest BCUT2D eigenvalue weighted by molar-refractivity contribution is 5.95. The number of carboxylic acid groups (broad SMARTS) is 2. The monoisotopic (exact) mass is 210 g/mol. The molecule has 0 fully saturated rings. The summed E-state index contributed by atoms with van der Waals surface area (Å²) in [5, 5.41) is 26.5. The number of aliphatic hydroxyl groups is 1. The fourth-order valence-corrected chi connectivity index (χ4v) is 1.28. The third-order valence-electron chi connectivity index (χ3n) is 2.16. The normalized spacial score (nSPS) is 10.0. The minimum Gasteiger partial charge on any atom is -0.478 e. The Bertz CT molecular complexity index is 422. The van der Waals surface area contributed by atoms with Crippen molar-refractivity contribution in [3.63, 3.8) is 0 Å². The first-order valence-corrected chi connectivity index (χ1v) is 4.18. The number of hydrogen-bond donors (Lipinski definition) is 3. The van der Waals surface area contributed by atoms with E-state index < -0.39 is 11.9 Å². The van der Waals surface area contributed by atoms with E-state index in [0.29, 0.717) is 11.1 Å². The van der Waals surface area contributed by atoms with Crippen molar-refractivity contribution in [1.82, 2.24) is 0 Å². The van der Waals surface area contributed by atoms with Crippen LogP contribution in [0.2, 0.25) is 0 Å². The molecule has 0 atom stereocenters. The Hall–Kier alpha value is -1.88. The van der Waals surface area contributed by atoms with Crippen LogP contribution in [0, 0.1) is 6.92 Å². The predicted octanol–water partition coefficient (Wildman–Crippen LogP) is 0.884. The summed E-state index contributed by atoms with van der Waals surface area (Å²) in [5.74, 6) is -2.42. The summed E-state index contributed by atoms with van der Waals surface area (Å²) in [4.78, 5) is 21.5. The maximum atomic E-state index is 10.8. The van der Waals surface area contributed by atoms with E-state index in [1.807, 2.05) is 0 Å². The highest BCUT2D eigenvalue weighted by atomic mass is 16.4. The summed E-state index contributed by atoms with van der Waals surface area (Å²) in [5.41, 5.74) is 0.461. The molecular weight excluding hydrogens is 200 g/mol. The fourth-order valence-electron chi connectivity index (χ4n) is 1.28. The minimum absolute atomic E-state index is 0.0982. The molecule has 0 heterocycles. The maximum absolute atomic E-state index is 10.8. The van der Waals surface area contributed by atoms with Crippen LogP contribution in [-0.4, -0.2) is 27.3 Å². The average Bonchev–Trinajstić information content (AvgIpc) is 2.17. The second kappa shape index (κ2) is 4.10. The molecule has 80 valence electrons. The van der Waals surface area contributed by atoms with Gasteiger partial charge in [0, 0.05) is 0 Å². The average molecular weight is 210 g/mol. The van der Waals surface area contributed by atoms with Crippen molar-refractivity contribution < 1.29 is 24.9 Å². The van der Waals surface area contributed by atoms with Crippen LogP contribution >= 0.6 is 0 Å². The molecule has 0 aliphatic heterocycles. The van der Waals surface area contributed by atoms with Gasteiger partial charge >= 0.3 is 11.9 Å². The van der Waals surface area contributed by atoms with Gasteiger partial charge in [-0.05, 0) is 30.2 Å². The van der Waals surface area contributed by atoms with Gasteiger partial charge in [-0.2, -0.15) is 0 Å². The third-order valence-corrected chi connectivity index (χ3v) is 2.16. The van der Waals surface area contributed by atoms with Crippen LogP contribution in [0.1, 0.15) is 31.8 Å². The van der Waals surface area contributed by atoms with Crippen LogP contribution in [0.5, 0.6) is 0 Å². The summed E-state index contributed by atoms with van der Waals surface area (Å²) in [7, 11) is 0. The first-order chi connectivity index (χ1) is 6.97. The fraction of sp³-hybridized carbons (Fsp3) is 0.200. The lowest BCUT2D eigenvalue weighted by Gasteiger charge is -2.07. The molecule has 0 bridgehead atoms. The Kier molecular flexibility index (Phi) is 3.06. The number of carbonyl (C=O) groups is 2. The molecule has 0 amide bonds. The number of benzene rings is 1. The van der Waals surface area contributed by atoms with Crippen molar-refractivity contribution >= 4 is 11.9 Å². The molecule has 5 heteroatoms. The number of aromatic carboxylic acids is 2. The van der Waals surface area contributed by atoms with E-state index in [2.05, 4.69) is 0 Å². The van der Waals surface area contributed by atoms with Crippen LogP contribution in [0.15, 0.2) is 12.1 Å². The van der Waals surface area contributed by atoms with Gasteiger partial charge in [0.05, 0.1) is 17.7 Å². The molecule has 0 saturated carbocycles. The number of carboxylic acids is 2. The number of hydrogen-bond acceptors (Lipinski definition) is 3. The van der Waals surface area contributed by atoms with Gasteiger partial charge in [-0.25, -0.2) is 9.59 Å². The molecule has 0 unspecified atom stereocenters. The van der Waals surface area contributed by atoms with Crippen LogP contribution in [-0.2, 0) is 6.61 Å². The standard InChI is InChI=1S/C10H10O5/c1-5-7(4-11)2-6(9(12)13)3-8(5)10(14)15/h2-3,11H,4H2,1H3,(H,12,13)(H,14,15). The van der Waals surface area contributed by atoms with Crippen molar-refractivity contribution in [2.75, 3.05) is 0 Å². The van der Waals surface area contributed by atoms with Crippen LogP contribution in [0.25, 0.3) is 0 Å². The molecule has 0 radical (unpaired) electrons. The maximum Gasteiger partial charge on any atom is 0.335 e. The molecule has 0 aliphatic rings. The van der Waals surface area contributed by atoms with Crippen molar-refractivity contribution in [2.45, 2.75) is 13.5 Å². The Balaban J connectivity index is 3.45. The van der Waals surface area contributed by atoms with Crippen molar-refractivity contribution in [3.05, 3.63) is 34.4 Å².